The molecular formula is C23H28O3. The van der Waals surface area contributed by atoms with Crippen LogP contribution in [-0.2, 0) is 5.41 Å². The molecule has 0 spiro atoms. The van der Waals surface area contributed by atoms with Crippen molar-refractivity contribution in [3.63, 3.8) is 0 Å². The molecule has 138 valence electrons. The van der Waals surface area contributed by atoms with E-state index in [0.29, 0.717) is 6.61 Å². The van der Waals surface area contributed by atoms with Crippen molar-refractivity contribution >= 4 is 0 Å². The fourth-order valence-electron chi connectivity index (χ4n) is 3.72. The van der Waals surface area contributed by atoms with Crippen LogP contribution in [0.1, 0.15) is 37.7 Å². The summed E-state index contributed by atoms with van der Waals surface area (Å²) in [6.07, 6.45) is 10.4. The minimum absolute atomic E-state index is 0.0779. The summed E-state index contributed by atoms with van der Waals surface area (Å²) in [5.74, 6) is 2.63. The molecule has 3 nitrogen and oxygen atoms in total. The van der Waals surface area contributed by atoms with Crippen LogP contribution >= 0.6 is 0 Å². The third-order valence-electron chi connectivity index (χ3n) is 5.16. The summed E-state index contributed by atoms with van der Waals surface area (Å²) in [5, 5.41) is 0. The van der Waals surface area contributed by atoms with Gasteiger partial charge < -0.3 is 14.2 Å². The monoisotopic (exact) mass is 352 g/mol. The van der Waals surface area contributed by atoms with Gasteiger partial charge in [-0.3, -0.25) is 0 Å². The molecule has 0 radical (unpaired) electrons. The molecule has 0 aromatic heterocycles. The van der Waals surface area contributed by atoms with Gasteiger partial charge in [0.2, 0.25) is 0 Å². The maximum absolute atomic E-state index is 5.79. The predicted molar refractivity (Wildman–Crippen MR) is 105 cm³/mol. The molecule has 1 aliphatic carbocycles. The number of allylic oxidation sites excluding steroid dienone is 1. The van der Waals surface area contributed by atoms with Crippen molar-refractivity contribution in [2.24, 2.45) is 0 Å². The molecule has 0 saturated heterocycles. The van der Waals surface area contributed by atoms with Crippen molar-refractivity contribution < 1.29 is 14.2 Å². The summed E-state index contributed by atoms with van der Waals surface area (Å²) in [5.41, 5.74) is 1.36. The summed E-state index contributed by atoms with van der Waals surface area (Å²) < 4.78 is 16.7. The average Bonchev–Trinajstić information content (AvgIpc) is 3.18. The van der Waals surface area contributed by atoms with Crippen molar-refractivity contribution in [1.82, 2.24) is 0 Å². The van der Waals surface area contributed by atoms with Gasteiger partial charge in [-0.2, -0.15) is 0 Å². The van der Waals surface area contributed by atoms with Gasteiger partial charge in [0, 0.05) is 11.5 Å². The van der Waals surface area contributed by atoms with Crippen LogP contribution in [0.4, 0.5) is 0 Å². The first-order chi connectivity index (χ1) is 12.8. The molecule has 0 bridgehead atoms. The molecule has 0 unspecified atom stereocenters. The molecule has 1 saturated carbocycles. The van der Waals surface area contributed by atoms with E-state index in [1.165, 1.54) is 31.2 Å². The first kappa shape index (κ1) is 18.4. The van der Waals surface area contributed by atoms with E-state index >= 15 is 0 Å². The van der Waals surface area contributed by atoms with E-state index in [1.54, 1.807) is 14.2 Å². The van der Waals surface area contributed by atoms with E-state index in [2.05, 4.69) is 24.3 Å². The number of methoxy groups -OCH3 is 2. The van der Waals surface area contributed by atoms with Crippen molar-refractivity contribution in [2.45, 2.75) is 37.5 Å². The Labute approximate surface area is 156 Å². The van der Waals surface area contributed by atoms with E-state index in [0.717, 1.165) is 23.7 Å². The van der Waals surface area contributed by atoms with Crippen LogP contribution in [0.5, 0.6) is 17.2 Å². The number of hydrogen-bond donors (Lipinski definition) is 0. The molecule has 3 heteroatoms. The van der Waals surface area contributed by atoms with Crippen LogP contribution in [0, 0.1) is 0 Å². The van der Waals surface area contributed by atoms with Crippen LogP contribution in [0.2, 0.25) is 0 Å². The first-order valence-corrected chi connectivity index (χ1v) is 9.35. The molecule has 0 aliphatic heterocycles. The highest BCUT2D eigenvalue weighted by atomic mass is 16.5. The maximum atomic E-state index is 5.79. The van der Waals surface area contributed by atoms with E-state index in [-0.39, 0.29) is 5.41 Å². The fraction of sp³-hybridized carbons (Fsp3) is 0.391. The van der Waals surface area contributed by atoms with Crippen LogP contribution < -0.4 is 14.2 Å². The van der Waals surface area contributed by atoms with E-state index in [9.17, 15) is 0 Å². The zero-order chi connectivity index (χ0) is 18.2. The Morgan fingerprint density at radius 2 is 1.54 bits per heavy atom. The van der Waals surface area contributed by atoms with Gasteiger partial charge in [-0.1, -0.05) is 43.2 Å². The molecule has 0 N–H and O–H groups in total. The lowest BCUT2D eigenvalue weighted by molar-refractivity contribution is 0.324. The Hall–Kier alpha value is -2.42. The van der Waals surface area contributed by atoms with Crippen molar-refractivity contribution in [3.05, 3.63) is 66.2 Å². The van der Waals surface area contributed by atoms with Gasteiger partial charge in [-0.05, 0) is 49.1 Å². The Balaban J connectivity index is 1.70. The quantitative estimate of drug-likeness (QED) is 0.461. The van der Waals surface area contributed by atoms with Gasteiger partial charge in [0.25, 0.3) is 0 Å². The maximum Gasteiger partial charge on any atom is 0.122 e. The number of ether oxygens (including phenoxy) is 3. The number of rotatable bonds is 8. The van der Waals surface area contributed by atoms with Crippen molar-refractivity contribution in [2.75, 3.05) is 20.8 Å². The summed E-state index contributed by atoms with van der Waals surface area (Å²) in [6, 6.07) is 16.2. The second-order valence-corrected chi connectivity index (χ2v) is 6.82. The van der Waals surface area contributed by atoms with Crippen LogP contribution in [0.15, 0.2) is 60.7 Å². The minimum atomic E-state index is 0.0779. The molecule has 2 aromatic rings. The second-order valence-electron chi connectivity index (χ2n) is 6.82. The molecule has 0 atom stereocenters. The summed E-state index contributed by atoms with van der Waals surface area (Å²) in [6.45, 7) is 0.692. The second kappa shape index (κ2) is 8.79. The van der Waals surface area contributed by atoms with Gasteiger partial charge >= 0.3 is 0 Å². The summed E-state index contributed by atoms with van der Waals surface area (Å²) in [4.78, 5) is 0. The van der Waals surface area contributed by atoms with Crippen molar-refractivity contribution in [1.29, 1.82) is 0 Å². The van der Waals surface area contributed by atoms with Gasteiger partial charge in [-0.25, -0.2) is 0 Å². The minimum Gasteiger partial charge on any atom is -0.497 e. The SMILES string of the molecule is COc1cc(OC)cc(C2(/C=C\CCOc3ccccc3)CCCC2)c1. The van der Waals surface area contributed by atoms with Crippen LogP contribution in [0.3, 0.4) is 0 Å². The van der Waals surface area contributed by atoms with Gasteiger partial charge in [0.1, 0.15) is 17.2 Å². The zero-order valence-electron chi connectivity index (χ0n) is 15.7. The molecule has 26 heavy (non-hydrogen) atoms. The van der Waals surface area contributed by atoms with E-state index in [1.807, 2.05) is 36.4 Å². The Morgan fingerprint density at radius 3 is 2.15 bits per heavy atom. The molecular weight excluding hydrogens is 324 g/mol. The molecule has 1 fully saturated rings. The summed E-state index contributed by atoms with van der Waals surface area (Å²) >= 11 is 0. The predicted octanol–water partition coefficient (Wildman–Crippen LogP) is 5.54. The molecule has 0 amide bonds. The third-order valence-corrected chi connectivity index (χ3v) is 5.16. The van der Waals surface area contributed by atoms with Gasteiger partial charge in [0.05, 0.1) is 20.8 Å². The lowest BCUT2D eigenvalue weighted by Crippen LogP contribution is -2.19. The highest BCUT2D eigenvalue weighted by Crippen LogP contribution is 2.44. The molecule has 0 heterocycles. The Bertz CT molecular complexity index is 693. The number of para-hydroxylation sites is 1. The third kappa shape index (κ3) is 4.40. The van der Waals surface area contributed by atoms with Gasteiger partial charge in [0.15, 0.2) is 0 Å². The topological polar surface area (TPSA) is 27.7 Å². The molecule has 1 aliphatic rings. The van der Waals surface area contributed by atoms with E-state index in [4.69, 9.17) is 14.2 Å². The largest absolute Gasteiger partial charge is 0.497 e. The Kier molecular flexibility index (Phi) is 6.21. The zero-order valence-corrected chi connectivity index (χ0v) is 15.7. The number of hydrogen-bond acceptors (Lipinski definition) is 3. The highest BCUT2D eigenvalue weighted by Gasteiger charge is 2.33. The molecule has 2 aromatic carbocycles. The number of benzene rings is 2. The highest BCUT2D eigenvalue weighted by molar-refractivity contribution is 5.44. The van der Waals surface area contributed by atoms with Crippen LogP contribution in [0.25, 0.3) is 0 Å². The fourth-order valence-corrected chi connectivity index (χ4v) is 3.72. The summed E-state index contributed by atoms with van der Waals surface area (Å²) in [7, 11) is 3.41. The first-order valence-electron chi connectivity index (χ1n) is 9.35. The Morgan fingerprint density at radius 1 is 0.885 bits per heavy atom. The standard InChI is InChI=1S/C23H28O3/c1-24-21-16-19(17-22(18-21)25-2)23(12-6-7-13-23)14-8-9-15-26-20-10-4-3-5-11-20/h3-5,8,10-11,14,16-18H,6-7,9,12-13,15H2,1-2H3/b14-8-. The average molecular weight is 352 g/mol. The van der Waals surface area contributed by atoms with Crippen molar-refractivity contribution in [3.8, 4) is 17.2 Å². The van der Waals surface area contributed by atoms with Gasteiger partial charge in [-0.15, -0.1) is 0 Å². The lowest BCUT2D eigenvalue weighted by Gasteiger charge is -2.27. The van der Waals surface area contributed by atoms with Crippen LogP contribution in [-0.4, -0.2) is 20.8 Å². The normalized spacial score (nSPS) is 15.9. The molecule has 3 rings (SSSR count). The lowest BCUT2D eigenvalue weighted by atomic mass is 9.78. The smallest absolute Gasteiger partial charge is 0.122 e. The van der Waals surface area contributed by atoms with E-state index < -0.39 is 0 Å².